The Labute approximate surface area is 30.5 Å². The Bertz CT molecular complexity index is 11.6. The summed E-state index contributed by atoms with van der Waals surface area (Å²) in [6.07, 6.45) is 0. The Balaban J connectivity index is 0. The van der Waals surface area contributed by atoms with Crippen LogP contribution in [0.5, 0.6) is 0 Å². The van der Waals surface area contributed by atoms with Crippen LogP contribution >= 0.6 is 7.92 Å². The SMILES string of the molecule is CP(C)C.[2HH]. The molecule has 0 aliphatic rings. The van der Waals surface area contributed by atoms with Gasteiger partial charge in [0.15, 0.2) is 0 Å². The van der Waals surface area contributed by atoms with Crippen LogP contribution in [-0.4, -0.2) is 20.0 Å². The highest BCUT2D eigenvalue weighted by Gasteiger charge is 1.65. The topological polar surface area (TPSA) is 0 Å². The quantitative estimate of drug-likeness (QED) is 0.387. The van der Waals surface area contributed by atoms with Crippen molar-refractivity contribution in [3.8, 4) is 0 Å². The van der Waals surface area contributed by atoms with Crippen LogP contribution in [0.2, 0.25) is 0 Å². The van der Waals surface area contributed by atoms with Gasteiger partial charge < -0.3 is 0 Å². The van der Waals surface area contributed by atoms with E-state index in [2.05, 4.69) is 20.0 Å². The first kappa shape index (κ1) is 4.43. The lowest BCUT2D eigenvalue weighted by Gasteiger charge is -1.81. The molecule has 0 nitrogen and oxygen atoms in total. The molecule has 0 unspecified atom stereocenters. The van der Waals surface area contributed by atoms with E-state index in [1.165, 1.54) is 0 Å². The summed E-state index contributed by atoms with van der Waals surface area (Å²) in [6, 6.07) is 0. The van der Waals surface area contributed by atoms with E-state index in [4.69, 9.17) is 0 Å². The lowest BCUT2D eigenvalue weighted by molar-refractivity contribution is 2.13. The summed E-state index contributed by atoms with van der Waals surface area (Å²) in [7, 11) is 0.380. The van der Waals surface area contributed by atoms with Gasteiger partial charge in [0.2, 0.25) is 0 Å². The van der Waals surface area contributed by atoms with E-state index in [0.29, 0.717) is 7.92 Å². The summed E-state index contributed by atoms with van der Waals surface area (Å²) in [5.74, 6) is 0. The third-order valence-electron chi connectivity index (χ3n) is 0. The standard InChI is InChI=1S/C3H9P.H2/c1-4(2)3;/h1-3H3;1H/i;1+1. The molecule has 0 fully saturated rings. The molecule has 0 heterocycles. The first-order chi connectivity index (χ1) is 1.73. The summed E-state index contributed by atoms with van der Waals surface area (Å²) < 4.78 is 0. The first-order valence-corrected chi connectivity index (χ1v) is 4.02. The van der Waals surface area contributed by atoms with Crippen molar-refractivity contribution in [3.05, 3.63) is 0 Å². The molecule has 0 spiro atoms. The maximum Gasteiger partial charge on any atom is 0 e. The summed E-state index contributed by atoms with van der Waals surface area (Å²) >= 11 is 0. The Kier molecular flexibility index (Phi) is 1.91. The molecule has 0 atom stereocenters. The highest BCUT2D eigenvalue weighted by atomic mass is 31.1. The van der Waals surface area contributed by atoms with Gasteiger partial charge in [-0.1, -0.05) is 0 Å². The summed E-state index contributed by atoms with van der Waals surface area (Å²) in [4.78, 5) is 0. The average molecular weight is 79.1 g/mol. The molecule has 0 aromatic heterocycles. The number of hydrogen-bond acceptors (Lipinski definition) is 0. The minimum absolute atomic E-state index is 0. The predicted molar refractivity (Wildman–Crippen MR) is 26.8 cm³/mol. The molecule has 0 rings (SSSR count). The van der Waals surface area contributed by atoms with E-state index in [0.717, 1.165) is 0 Å². The molecule has 0 aromatic carbocycles. The Morgan fingerprint density at radius 3 is 1.25 bits per heavy atom. The van der Waals surface area contributed by atoms with Crippen molar-refractivity contribution in [2.45, 2.75) is 0 Å². The number of hydrogen-bond donors (Lipinski definition) is 0. The zero-order valence-electron chi connectivity index (χ0n) is 3.45. The van der Waals surface area contributed by atoms with Crippen LogP contribution in [-0.2, 0) is 0 Å². The van der Waals surface area contributed by atoms with Gasteiger partial charge in [-0.2, -0.15) is 0 Å². The average Bonchev–Trinajstić information content (AvgIpc) is 0.811. The van der Waals surface area contributed by atoms with Crippen LogP contribution in [0, 0.1) is 0 Å². The highest BCUT2D eigenvalue weighted by molar-refractivity contribution is 7.55. The third kappa shape index (κ3) is 26.9. The van der Waals surface area contributed by atoms with E-state index >= 15 is 0 Å². The largest absolute Gasteiger partial charge is 0.116 e. The van der Waals surface area contributed by atoms with Gasteiger partial charge in [-0.05, 0) is 20.0 Å². The second-order valence-corrected chi connectivity index (χ2v) is 4.02. The molecule has 28 valence electrons. The normalized spacial score (nSPS) is 9.00. The molecule has 0 saturated heterocycles. The summed E-state index contributed by atoms with van der Waals surface area (Å²) in [5.41, 5.74) is 0. The highest BCUT2D eigenvalue weighted by Crippen LogP contribution is 2.14. The van der Waals surface area contributed by atoms with E-state index in [-0.39, 0.29) is 1.43 Å². The molecule has 0 aromatic rings. The van der Waals surface area contributed by atoms with Crippen molar-refractivity contribution < 1.29 is 1.43 Å². The van der Waals surface area contributed by atoms with Crippen LogP contribution in [0.1, 0.15) is 1.43 Å². The summed E-state index contributed by atoms with van der Waals surface area (Å²) in [5, 5.41) is 0. The first-order valence-electron chi connectivity index (χ1n) is 1.34. The minimum atomic E-state index is 0. The van der Waals surface area contributed by atoms with Crippen molar-refractivity contribution in [2.75, 3.05) is 20.0 Å². The van der Waals surface area contributed by atoms with E-state index < -0.39 is 0 Å². The van der Waals surface area contributed by atoms with Crippen molar-refractivity contribution in [1.82, 2.24) is 0 Å². The Morgan fingerprint density at radius 2 is 1.25 bits per heavy atom. The molecule has 0 aliphatic heterocycles. The fourth-order valence-electron chi connectivity index (χ4n) is 0. The number of rotatable bonds is 0. The molecule has 0 aliphatic carbocycles. The second-order valence-electron chi connectivity index (χ2n) is 1.34. The Morgan fingerprint density at radius 1 is 1.25 bits per heavy atom. The van der Waals surface area contributed by atoms with Crippen LogP contribution < -0.4 is 0 Å². The summed E-state index contributed by atoms with van der Waals surface area (Å²) in [6.45, 7) is 6.69. The predicted octanol–water partition coefficient (Wildman–Crippen LogP) is 1.60. The van der Waals surface area contributed by atoms with E-state index in [9.17, 15) is 0 Å². The monoisotopic (exact) mass is 79.1 g/mol. The molecular formula is C3H11P. The van der Waals surface area contributed by atoms with Crippen LogP contribution in [0.3, 0.4) is 0 Å². The lowest BCUT2D eigenvalue weighted by Crippen LogP contribution is -1.48. The zero-order valence-corrected chi connectivity index (χ0v) is 4.34. The van der Waals surface area contributed by atoms with Crippen molar-refractivity contribution in [3.63, 3.8) is 0 Å². The molecular weight excluding hydrogens is 67.0 g/mol. The van der Waals surface area contributed by atoms with Crippen molar-refractivity contribution in [2.24, 2.45) is 0 Å². The molecule has 0 saturated carbocycles. The fraction of sp³-hybridized carbons (Fsp3) is 1.00. The molecule has 0 bridgehead atoms. The van der Waals surface area contributed by atoms with Crippen molar-refractivity contribution in [1.29, 1.82) is 0 Å². The van der Waals surface area contributed by atoms with Crippen LogP contribution in [0.4, 0.5) is 0 Å². The van der Waals surface area contributed by atoms with Crippen LogP contribution in [0.15, 0.2) is 0 Å². The molecule has 1 heteroatoms. The van der Waals surface area contributed by atoms with Gasteiger partial charge in [0.25, 0.3) is 0 Å². The fourth-order valence-corrected chi connectivity index (χ4v) is 0. The van der Waals surface area contributed by atoms with Gasteiger partial charge in [-0.25, -0.2) is 0 Å². The van der Waals surface area contributed by atoms with Gasteiger partial charge in [-0.15, -0.1) is 7.92 Å². The minimum Gasteiger partial charge on any atom is -0.116 e. The zero-order chi connectivity index (χ0) is 3.58. The van der Waals surface area contributed by atoms with Gasteiger partial charge in [0.05, 0.1) is 0 Å². The van der Waals surface area contributed by atoms with Gasteiger partial charge >= 0.3 is 0 Å². The molecule has 0 radical (unpaired) electrons. The van der Waals surface area contributed by atoms with Gasteiger partial charge in [-0.3, -0.25) is 0 Å². The maximum atomic E-state index is 2.23. The maximum absolute atomic E-state index is 2.23. The van der Waals surface area contributed by atoms with Crippen molar-refractivity contribution >= 4 is 7.92 Å². The second kappa shape index (κ2) is 1.72. The Hall–Kier alpha value is 0.430. The van der Waals surface area contributed by atoms with Crippen LogP contribution in [0.25, 0.3) is 0 Å². The van der Waals surface area contributed by atoms with Gasteiger partial charge in [0, 0.05) is 1.43 Å². The molecule has 0 amide bonds. The molecule has 4 heavy (non-hydrogen) atoms. The van der Waals surface area contributed by atoms with E-state index in [1.807, 2.05) is 0 Å². The molecule has 0 N–H and O–H groups in total. The lowest BCUT2D eigenvalue weighted by atomic mass is 11.9. The smallest absolute Gasteiger partial charge is 0 e. The van der Waals surface area contributed by atoms with Gasteiger partial charge in [0.1, 0.15) is 0 Å². The van der Waals surface area contributed by atoms with E-state index in [1.54, 1.807) is 0 Å². The third-order valence-corrected chi connectivity index (χ3v) is 0.